The van der Waals surface area contributed by atoms with E-state index in [2.05, 4.69) is 25.3 Å². The molecule has 1 aromatic carbocycles. The highest BCUT2D eigenvalue weighted by Crippen LogP contribution is 2.22. The molecule has 30 heavy (non-hydrogen) atoms. The topological polar surface area (TPSA) is 85.6 Å². The Morgan fingerprint density at radius 3 is 2.80 bits per heavy atom. The molecule has 7 nitrogen and oxygen atoms in total. The van der Waals surface area contributed by atoms with Crippen LogP contribution in [0.5, 0.6) is 0 Å². The van der Waals surface area contributed by atoms with Gasteiger partial charge in [0.05, 0.1) is 12.1 Å². The van der Waals surface area contributed by atoms with Gasteiger partial charge in [-0.2, -0.15) is 0 Å². The Balaban J connectivity index is 1.34. The molecule has 1 aliphatic carbocycles. The number of amides is 1. The Labute approximate surface area is 174 Å². The number of nitrogens with one attached hydrogen (secondary N) is 1. The second-order valence-corrected chi connectivity index (χ2v) is 7.56. The predicted octanol–water partition coefficient (Wildman–Crippen LogP) is 3.33. The lowest BCUT2D eigenvalue weighted by atomic mass is 9.95. The molecular weight excluding hydrogens is 376 g/mol. The fraction of sp³-hybridized carbons (Fsp3) is 0.261. The largest absolute Gasteiger partial charge is 0.345 e. The fourth-order valence-electron chi connectivity index (χ4n) is 3.99. The van der Waals surface area contributed by atoms with Gasteiger partial charge in [-0.15, -0.1) is 0 Å². The summed E-state index contributed by atoms with van der Waals surface area (Å²) in [5, 5.41) is 2.91. The summed E-state index contributed by atoms with van der Waals surface area (Å²) in [6, 6.07) is 11.6. The third kappa shape index (κ3) is 3.43. The first-order valence-corrected chi connectivity index (χ1v) is 10.2. The molecule has 5 rings (SSSR count). The van der Waals surface area contributed by atoms with Crippen LogP contribution in [0, 0.1) is 6.92 Å². The molecule has 0 saturated heterocycles. The van der Waals surface area contributed by atoms with Gasteiger partial charge < -0.3 is 5.32 Å². The van der Waals surface area contributed by atoms with Crippen LogP contribution in [-0.4, -0.2) is 30.4 Å². The third-order valence-corrected chi connectivity index (χ3v) is 5.53. The number of rotatable bonds is 4. The number of para-hydroxylation sites is 1. The van der Waals surface area contributed by atoms with Crippen LogP contribution in [0.15, 0.2) is 48.9 Å². The van der Waals surface area contributed by atoms with E-state index in [1.165, 1.54) is 12.0 Å². The van der Waals surface area contributed by atoms with Crippen LogP contribution in [0.2, 0.25) is 0 Å². The van der Waals surface area contributed by atoms with Crippen molar-refractivity contribution in [2.75, 3.05) is 0 Å². The van der Waals surface area contributed by atoms with Crippen LogP contribution in [0.4, 0.5) is 0 Å². The van der Waals surface area contributed by atoms with Gasteiger partial charge in [0.15, 0.2) is 5.65 Å². The first-order valence-electron chi connectivity index (χ1n) is 10.2. The summed E-state index contributed by atoms with van der Waals surface area (Å²) < 4.78 is 1.90. The summed E-state index contributed by atoms with van der Waals surface area (Å²) in [7, 11) is 0. The van der Waals surface area contributed by atoms with Crippen molar-refractivity contribution < 1.29 is 4.79 Å². The van der Waals surface area contributed by atoms with Crippen molar-refractivity contribution >= 4 is 17.1 Å². The summed E-state index contributed by atoms with van der Waals surface area (Å²) in [4.78, 5) is 30.8. The smallest absolute Gasteiger partial charge is 0.253 e. The lowest BCUT2D eigenvalue weighted by Gasteiger charge is -2.17. The molecule has 0 radical (unpaired) electrons. The van der Waals surface area contributed by atoms with E-state index in [-0.39, 0.29) is 5.91 Å². The van der Waals surface area contributed by atoms with E-state index < -0.39 is 0 Å². The summed E-state index contributed by atoms with van der Waals surface area (Å²) in [5.41, 5.74) is 6.27. The molecule has 0 unspecified atom stereocenters. The Hall–Kier alpha value is -3.61. The SMILES string of the molecule is Cc1nc(CNC(=O)c2cnc3c(c2)ncn3-c2ccccc2)nc2c1CCCC2. The standard InChI is InChI=1S/C23H22N6O/c1-15-18-9-5-6-10-19(18)28-21(27-15)13-25-23(30)16-11-20-22(24-12-16)29(14-26-20)17-7-3-2-4-8-17/h2-4,7-8,11-12,14H,5-6,9-10,13H2,1H3,(H,25,30). The van der Waals surface area contributed by atoms with E-state index in [9.17, 15) is 4.79 Å². The van der Waals surface area contributed by atoms with Crippen LogP contribution >= 0.6 is 0 Å². The van der Waals surface area contributed by atoms with Crippen molar-refractivity contribution in [3.8, 4) is 5.69 Å². The van der Waals surface area contributed by atoms with E-state index in [1.807, 2.05) is 41.8 Å². The van der Waals surface area contributed by atoms with Gasteiger partial charge in [-0.05, 0) is 56.4 Å². The molecule has 3 heterocycles. The van der Waals surface area contributed by atoms with Crippen LogP contribution in [0.25, 0.3) is 16.9 Å². The second-order valence-electron chi connectivity index (χ2n) is 7.56. The number of fused-ring (bicyclic) bond motifs is 2. The molecule has 1 aliphatic rings. The Morgan fingerprint density at radius 2 is 1.93 bits per heavy atom. The van der Waals surface area contributed by atoms with E-state index in [1.54, 1.807) is 18.6 Å². The number of imidazole rings is 1. The molecule has 0 bridgehead atoms. The highest BCUT2D eigenvalue weighted by Gasteiger charge is 2.16. The molecule has 0 saturated carbocycles. The number of hydrogen-bond donors (Lipinski definition) is 1. The number of carbonyl (C=O) groups is 1. The molecular formula is C23H22N6O. The number of carbonyl (C=O) groups excluding carboxylic acids is 1. The number of aromatic nitrogens is 5. The number of benzene rings is 1. The molecule has 0 atom stereocenters. The number of nitrogens with zero attached hydrogens (tertiary/aromatic N) is 5. The van der Waals surface area contributed by atoms with Crippen LogP contribution < -0.4 is 5.32 Å². The van der Waals surface area contributed by atoms with Crippen molar-refractivity contribution in [1.29, 1.82) is 0 Å². The van der Waals surface area contributed by atoms with Gasteiger partial charge >= 0.3 is 0 Å². The number of pyridine rings is 1. The van der Waals surface area contributed by atoms with Crippen molar-refractivity contribution in [3.05, 3.63) is 77.3 Å². The minimum Gasteiger partial charge on any atom is -0.345 e. The molecule has 1 amide bonds. The van der Waals surface area contributed by atoms with Crippen molar-refractivity contribution in [2.24, 2.45) is 0 Å². The monoisotopic (exact) mass is 398 g/mol. The third-order valence-electron chi connectivity index (χ3n) is 5.53. The lowest BCUT2D eigenvalue weighted by Crippen LogP contribution is -2.25. The van der Waals surface area contributed by atoms with Gasteiger partial charge in [-0.3, -0.25) is 9.36 Å². The van der Waals surface area contributed by atoms with Gasteiger partial charge in [-0.25, -0.2) is 19.9 Å². The van der Waals surface area contributed by atoms with Gasteiger partial charge in [0.25, 0.3) is 5.91 Å². The maximum atomic E-state index is 12.7. The van der Waals surface area contributed by atoms with Gasteiger partial charge in [0, 0.05) is 23.3 Å². The highest BCUT2D eigenvalue weighted by atomic mass is 16.1. The van der Waals surface area contributed by atoms with E-state index >= 15 is 0 Å². The Kier molecular flexibility index (Phi) is 4.71. The van der Waals surface area contributed by atoms with Gasteiger partial charge in [-0.1, -0.05) is 18.2 Å². The van der Waals surface area contributed by atoms with Crippen molar-refractivity contribution in [2.45, 2.75) is 39.2 Å². The highest BCUT2D eigenvalue weighted by molar-refractivity contribution is 5.96. The van der Waals surface area contributed by atoms with Gasteiger partial charge in [0.1, 0.15) is 17.7 Å². The molecule has 0 spiro atoms. The van der Waals surface area contributed by atoms with Crippen LogP contribution in [0.3, 0.4) is 0 Å². The number of hydrogen-bond acceptors (Lipinski definition) is 5. The Morgan fingerprint density at radius 1 is 1.10 bits per heavy atom. The van der Waals surface area contributed by atoms with Gasteiger partial charge in [0.2, 0.25) is 0 Å². The zero-order chi connectivity index (χ0) is 20.5. The van der Waals surface area contributed by atoms with Crippen molar-refractivity contribution in [3.63, 3.8) is 0 Å². The normalized spacial score (nSPS) is 13.2. The van der Waals surface area contributed by atoms with E-state index in [0.29, 0.717) is 29.1 Å². The maximum absolute atomic E-state index is 12.7. The molecule has 1 N–H and O–H groups in total. The first kappa shape index (κ1) is 18.4. The summed E-state index contributed by atoms with van der Waals surface area (Å²) in [5.74, 6) is 0.446. The summed E-state index contributed by atoms with van der Waals surface area (Å²) in [6.45, 7) is 2.32. The predicted molar refractivity (Wildman–Crippen MR) is 113 cm³/mol. The molecule has 150 valence electrons. The maximum Gasteiger partial charge on any atom is 0.253 e. The zero-order valence-corrected chi connectivity index (χ0v) is 16.8. The first-order chi connectivity index (χ1) is 14.7. The summed E-state index contributed by atoms with van der Waals surface area (Å²) >= 11 is 0. The van der Waals surface area contributed by atoms with E-state index in [4.69, 9.17) is 0 Å². The minimum atomic E-state index is -0.211. The second kappa shape index (κ2) is 7.67. The molecule has 3 aromatic heterocycles. The van der Waals surface area contributed by atoms with Crippen molar-refractivity contribution in [1.82, 2.24) is 29.8 Å². The molecule has 0 fully saturated rings. The fourth-order valence-corrected chi connectivity index (χ4v) is 3.99. The van der Waals surface area contributed by atoms with E-state index in [0.717, 1.165) is 36.3 Å². The average Bonchev–Trinajstić information content (AvgIpc) is 3.21. The summed E-state index contributed by atoms with van der Waals surface area (Å²) in [6.07, 6.45) is 7.70. The molecule has 0 aliphatic heterocycles. The lowest BCUT2D eigenvalue weighted by molar-refractivity contribution is 0.0949. The van der Waals surface area contributed by atoms with Crippen LogP contribution in [0.1, 0.15) is 46.0 Å². The molecule has 7 heteroatoms. The minimum absolute atomic E-state index is 0.211. The molecule has 4 aromatic rings. The number of aryl methyl sites for hydroxylation is 2. The Bertz CT molecular complexity index is 1230. The quantitative estimate of drug-likeness (QED) is 0.570. The zero-order valence-electron chi connectivity index (χ0n) is 16.8. The van der Waals surface area contributed by atoms with Crippen LogP contribution in [-0.2, 0) is 19.4 Å². The average molecular weight is 398 g/mol.